The molecule has 1 saturated heterocycles. The summed E-state index contributed by atoms with van der Waals surface area (Å²) in [6.45, 7) is 0.261. The summed E-state index contributed by atoms with van der Waals surface area (Å²) in [5.41, 5.74) is 0.849. The normalized spacial score (nSPS) is 19.6. The molecule has 156 valence electrons. The predicted molar refractivity (Wildman–Crippen MR) is 109 cm³/mol. The second-order valence-corrected chi connectivity index (χ2v) is 9.25. The zero-order valence-corrected chi connectivity index (χ0v) is 17.2. The smallest absolute Gasteiger partial charge is 0.261 e. The lowest BCUT2D eigenvalue weighted by Gasteiger charge is -2.33. The van der Waals surface area contributed by atoms with Gasteiger partial charge in [-0.25, -0.2) is 8.42 Å². The third-order valence-corrected chi connectivity index (χ3v) is 7.39. The van der Waals surface area contributed by atoms with Crippen LogP contribution in [0, 0.1) is 0 Å². The molecule has 2 heterocycles. The summed E-state index contributed by atoms with van der Waals surface area (Å²) in [6.07, 6.45) is 1.82. The number of hydrogen-bond acceptors (Lipinski definition) is 5. The lowest BCUT2D eigenvalue weighted by molar-refractivity contribution is -0.120. The Hall–Kier alpha value is -3.04. The number of carbonyl (C=O) groups excluding carboxylic acids is 3. The van der Waals surface area contributed by atoms with Crippen molar-refractivity contribution in [2.45, 2.75) is 30.2 Å². The fraction of sp³-hybridized carbons (Fsp3) is 0.286. The molecule has 4 rings (SSSR count). The summed E-state index contributed by atoms with van der Waals surface area (Å²) in [5.74, 6) is -1.28. The van der Waals surface area contributed by atoms with Crippen molar-refractivity contribution in [1.82, 2.24) is 9.21 Å². The van der Waals surface area contributed by atoms with Gasteiger partial charge in [-0.1, -0.05) is 24.6 Å². The third kappa shape index (κ3) is 3.40. The lowest BCUT2D eigenvalue weighted by atomic mass is 10.0. The van der Waals surface area contributed by atoms with Crippen LogP contribution in [0.2, 0.25) is 0 Å². The van der Waals surface area contributed by atoms with Crippen molar-refractivity contribution in [2.24, 2.45) is 0 Å². The Bertz CT molecular complexity index is 1130. The summed E-state index contributed by atoms with van der Waals surface area (Å²) in [7, 11) is -2.41. The van der Waals surface area contributed by atoms with E-state index < -0.39 is 27.9 Å². The van der Waals surface area contributed by atoms with E-state index >= 15 is 0 Å². The maximum Gasteiger partial charge on any atom is 0.261 e. The molecule has 0 spiro atoms. The van der Waals surface area contributed by atoms with Crippen LogP contribution in [-0.2, 0) is 14.8 Å². The van der Waals surface area contributed by atoms with Gasteiger partial charge in [0, 0.05) is 19.3 Å². The molecule has 1 N–H and O–H groups in total. The van der Waals surface area contributed by atoms with E-state index in [9.17, 15) is 22.8 Å². The maximum atomic E-state index is 13.1. The molecule has 1 unspecified atom stereocenters. The molecule has 2 aliphatic rings. The van der Waals surface area contributed by atoms with Crippen molar-refractivity contribution in [3.05, 3.63) is 59.7 Å². The molecule has 30 heavy (non-hydrogen) atoms. The number of nitrogens with one attached hydrogen (secondary N) is 1. The van der Waals surface area contributed by atoms with Crippen LogP contribution in [0.25, 0.3) is 0 Å². The number of piperidine rings is 1. The molecule has 0 saturated carbocycles. The van der Waals surface area contributed by atoms with Gasteiger partial charge in [0.05, 0.1) is 16.0 Å². The van der Waals surface area contributed by atoms with E-state index in [0.717, 1.165) is 11.3 Å². The number of fused-ring (bicyclic) bond motifs is 1. The maximum absolute atomic E-state index is 13.1. The molecule has 0 radical (unpaired) electrons. The number of carbonyl (C=O) groups is 3. The van der Waals surface area contributed by atoms with Crippen LogP contribution < -0.4 is 5.32 Å². The van der Waals surface area contributed by atoms with E-state index in [1.54, 1.807) is 24.3 Å². The topological polar surface area (TPSA) is 104 Å². The molecule has 0 aliphatic carbocycles. The van der Waals surface area contributed by atoms with Gasteiger partial charge in [0.2, 0.25) is 15.9 Å². The Morgan fingerprint density at radius 3 is 2.43 bits per heavy atom. The molecule has 1 fully saturated rings. The van der Waals surface area contributed by atoms with E-state index in [1.165, 1.54) is 35.6 Å². The van der Waals surface area contributed by atoms with Gasteiger partial charge >= 0.3 is 0 Å². The van der Waals surface area contributed by atoms with Crippen molar-refractivity contribution in [3.63, 3.8) is 0 Å². The van der Waals surface area contributed by atoms with Crippen molar-refractivity contribution >= 4 is 33.4 Å². The van der Waals surface area contributed by atoms with Gasteiger partial charge in [-0.3, -0.25) is 19.3 Å². The number of rotatable bonds is 4. The first-order valence-corrected chi connectivity index (χ1v) is 11.1. The molecular formula is C21H21N3O5S. The van der Waals surface area contributed by atoms with Crippen molar-refractivity contribution in [1.29, 1.82) is 0 Å². The minimum Gasteiger partial charge on any atom is -0.325 e. The number of nitrogens with zero attached hydrogens (tertiary/aromatic N) is 2. The standard InChI is InChI=1S/C21H21N3O5S/c1-23-20(26)16-11-10-14(13-17(16)21(23)27)22-19(25)18-9-5-6-12-24(18)30(28,29)15-7-3-2-4-8-15/h2-4,7-8,10-11,13,18H,5-6,9,12H2,1H3,(H,22,25). The van der Waals surface area contributed by atoms with Gasteiger partial charge in [-0.2, -0.15) is 4.31 Å². The highest BCUT2D eigenvalue weighted by molar-refractivity contribution is 7.89. The van der Waals surface area contributed by atoms with Gasteiger partial charge in [-0.05, 0) is 43.2 Å². The van der Waals surface area contributed by atoms with E-state index in [4.69, 9.17) is 0 Å². The predicted octanol–water partition coefficient (Wildman–Crippen LogP) is 2.09. The highest BCUT2D eigenvalue weighted by atomic mass is 32.2. The van der Waals surface area contributed by atoms with Gasteiger partial charge < -0.3 is 5.32 Å². The van der Waals surface area contributed by atoms with Crippen molar-refractivity contribution < 1.29 is 22.8 Å². The summed E-state index contributed by atoms with van der Waals surface area (Å²) < 4.78 is 27.4. The summed E-state index contributed by atoms with van der Waals surface area (Å²) in [6, 6.07) is 11.7. The largest absolute Gasteiger partial charge is 0.325 e. The fourth-order valence-corrected chi connectivity index (χ4v) is 5.52. The number of anilines is 1. The molecule has 2 aromatic carbocycles. The number of imide groups is 1. The third-order valence-electron chi connectivity index (χ3n) is 5.46. The summed E-state index contributed by atoms with van der Waals surface area (Å²) >= 11 is 0. The van der Waals surface area contributed by atoms with Crippen LogP contribution in [0.3, 0.4) is 0 Å². The minimum atomic E-state index is -3.81. The molecule has 3 amide bonds. The summed E-state index contributed by atoms with van der Waals surface area (Å²) in [4.78, 5) is 38.4. The average Bonchev–Trinajstić information content (AvgIpc) is 2.98. The van der Waals surface area contributed by atoms with Gasteiger partial charge in [-0.15, -0.1) is 0 Å². The molecule has 2 aliphatic heterocycles. The zero-order valence-electron chi connectivity index (χ0n) is 16.4. The van der Waals surface area contributed by atoms with E-state index in [1.807, 2.05) is 0 Å². The molecular weight excluding hydrogens is 406 g/mol. The van der Waals surface area contributed by atoms with Crippen LogP contribution in [-0.4, -0.2) is 55.0 Å². The second-order valence-electron chi connectivity index (χ2n) is 7.36. The Labute approximate surface area is 174 Å². The molecule has 9 heteroatoms. The molecule has 2 aromatic rings. The Kier molecular flexibility index (Phi) is 5.17. The lowest BCUT2D eigenvalue weighted by Crippen LogP contribution is -2.49. The van der Waals surface area contributed by atoms with Gasteiger partial charge in [0.25, 0.3) is 11.8 Å². The molecule has 0 aromatic heterocycles. The number of benzene rings is 2. The molecule has 1 atom stereocenters. The van der Waals surface area contributed by atoms with E-state index in [0.29, 0.717) is 18.5 Å². The van der Waals surface area contributed by atoms with Crippen LogP contribution >= 0.6 is 0 Å². The first kappa shape index (κ1) is 20.2. The second kappa shape index (κ2) is 7.66. The molecule has 0 bridgehead atoms. The summed E-state index contributed by atoms with van der Waals surface area (Å²) in [5, 5.41) is 2.72. The van der Waals surface area contributed by atoms with Crippen molar-refractivity contribution in [2.75, 3.05) is 18.9 Å². The monoisotopic (exact) mass is 427 g/mol. The number of sulfonamides is 1. The van der Waals surface area contributed by atoms with Crippen LogP contribution in [0.5, 0.6) is 0 Å². The van der Waals surface area contributed by atoms with Crippen molar-refractivity contribution in [3.8, 4) is 0 Å². The average molecular weight is 427 g/mol. The zero-order chi connectivity index (χ0) is 21.5. The first-order chi connectivity index (χ1) is 14.3. The number of amides is 3. The molecule has 8 nitrogen and oxygen atoms in total. The van der Waals surface area contributed by atoms with E-state index in [2.05, 4.69) is 5.32 Å². The Morgan fingerprint density at radius 2 is 1.70 bits per heavy atom. The van der Waals surface area contributed by atoms with Gasteiger partial charge in [0.1, 0.15) is 6.04 Å². The Morgan fingerprint density at radius 1 is 1.00 bits per heavy atom. The highest BCUT2D eigenvalue weighted by Crippen LogP contribution is 2.28. The first-order valence-electron chi connectivity index (χ1n) is 9.65. The fourth-order valence-electron chi connectivity index (χ4n) is 3.85. The van der Waals surface area contributed by atoms with Crippen LogP contribution in [0.15, 0.2) is 53.4 Å². The van der Waals surface area contributed by atoms with E-state index in [-0.39, 0.29) is 28.5 Å². The SMILES string of the molecule is CN1C(=O)c2ccc(NC(=O)C3CCCCN3S(=O)(=O)c3ccccc3)cc2C1=O. The van der Waals surface area contributed by atoms with Crippen LogP contribution in [0.4, 0.5) is 5.69 Å². The number of hydrogen-bond donors (Lipinski definition) is 1. The highest BCUT2D eigenvalue weighted by Gasteiger charge is 2.38. The Balaban J connectivity index is 1.58. The van der Waals surface area contributed by atoms with Gasteiger partial charge in [0.15, 0.2) is 0 Å². The quantitative estimate of drug-likeness (QED) is 0.753. The minimum absolute atomic E-state index is 0.148. The van der Waals surface area contributed by atoms with Crippen LogP contribution in [0.1, 0.15) is 40.0 Å².